The quantitative estimate of drug-likeness (QED) is 0.803. The summed E-state index contributed by atoms with van der Waals surface area (Å²) < 4.78 is 32.7. The number of rotatable bonds is 4. The molecule has 3 nitrogen and oxygen atoms in total. The van der Waals surface area contributed by atoms with Gasteiger partial charge in [0.1, 0.15) is 11.8 Å². The summed E-state index contributed by atoms with van der Waals surface area (Å²) >= 11 is 5.88. The molecular weight excluding hydrogens is 286 g/mol. The second kappa shape index (κ2) is 6.24. The number of ether oxygens (including phenoxy) is 1. The van der Waals surface area contributed by atoms with Crippen molar-refractivity contribution < 1.29 is 13.5 Å². The highest BCUT2D eigenvalue weighted by atomic mass is 35.5. The van der Waals surface area contributed by atoms with E-state index in [0.717, 1.165) is 0 Å². The van der Waals surface area contributed by atoms with Crippen LogP contribution in [0.1, 0.15) is 18.3 Å². The van der Waals surface area contributed by atoms with E-state index in [1.807, 2.05) is 6.92 Å². The molecule has 1 aromatic heterocycles. The molecule has 1 heterocycles. The first-order chi connectivity index (χ1) is 9.52. The molecule has 1 aromatic carbocycles. The lowest BCUT2D eigenvalue weighted by Gasteiger charge is -2.08. The zero-order valence-electron chi connectivity index (χ0n) is 11.1. The number of hydrogen-bond acceptors (Lipinski definition) is 3. The maximum Gasteiger partial charge on any atom is 0.168 e. The fourth-order valence-electron chi connectivity index (χ4n) is 1.70. The number of nitrogens with zero attached hydrogens (tertiary/aromatic N) is 2. The van der Waals surface area contributed by atoms with Gasteiger partial charge in [-0.25, -0.2) is 18.7 Å². The maximum atomic E-state index is 14.0. The predicted octanol–water partition coefficient (Wildman–Crippen LogP) is 3.92. The van der Waals surface area contributed by atoms with Crippen molar-refractivity contribution in [2.75, 3.05) is 6.61 Å². The van der Waals surface area contributed by atoms with Crippen LogP contribution in [0.25, 0.3) is 11.3 Å². The van der Waals surface area contributed by atoms with Crippen molar-refractivity contribution in [3.8, 4) is 11.3 Å². The summed E-state index contributed by atoms with van der Waals surface area (Å²) in [6, 6.07) is 4.35. The van der Waals surface area contributed by atoms with E-state index < -0.39 is 11.6 Å². The number of hydrogen-bond donors (Lipinski definition) is 0. The van der Waals surface area contributed by atoms with Crippen molar-refractivity contribution in [1.29, 1.82) is 0 Å². The van der Waals surface area contributed by atoms with Gasteiger partial charge in [-0.05, 0) is 25.5 Å². The van der Waals surface area contributed by atoms with Crippen LogP contribution < -0.4 is 0 Å². The molecule has 0 spiro atoms. The lowest BCUT2D eigenvalue weighted by molar-refractivity contribution is 0.128. The van der Waals surface area contributed by atoms with Crippen molar-refractivity contribution in [1.82, 2.24) is 9.97 Å². The van der Waals surface area contributed by atoms with Crippen LogP contribution in [0.3, 0.4) is 0 Å². The van der Waals surface area contributed by atoms with Gasteiger partial charge in [0.15, 0.2) is 17.5 Å². The standard InChI is InChI=1S/C14H13ClF2N2O/c1-3-20-7-12-18-10(6-11(15)19-12)9-5-4-8(2)13(16)14(9)17/h4-6H,3,7H2,1-2H3. The lowest BCUT2D eigenvalue weighted by atomic mass is 10.1. The Labute approximate surface area is 120 Å². The van der Waals surface area contributed by atoms with Gasteiger partial charge in [0, 0.05) is 18.2 Å². The molecule has 0 unspecified atom stereocenters. The van der Waals surface area contributed by atoms with E-state index in [2.05, 4.69) is 9.97 Å². The van der Waals surface area contributed by atoms with Gasteiger partial charge in [0.2, 0.25) is 0 Å². The molecular formula is C14H13ClF2N2O. The van der Waals surface area contributed by atoms with Gasteiger partial charge in [-0.15, -0.1) is 0 Å². The lowest BCUT2D eigenvalue weighted by Crippen LogP contribution is -2.02. The Morgan fingerprint density at radius 1 is 1.20 bits per heavy atom. The summed E-state index contributed by atoms with van der Waals surface area (Å²) in [7, 11) is 0. The minimum absolute atomic E-state index is 0.0511. The van der Waals surface area contributed by atoms with E-state index in [-0.39, 0.29) is 28.6 Å². The predicted molar refractivity (Wildman–Crippen MR) is 72.5 cm³/mol. The van der Waals surface area contributed by atoms with Gasteiger partial charge in [-0.1, -0.05) is 17.7 Å². The van der Waals surface area contributed by atoms with E-state index >= 15 is 0 Å². The van der Waals surface area contributed by atoms with Crippen LogP contribution in [0.15, 0.2) is 18.2 Å². The fourth-order valence-corrected chi connectivity index (χ4v) is 1.91. The summed E-state index contributed by atoms with van der Waals surface area (Å²) in [5, 5.41) is 0.157. The Morgan fingerprint density at radius 3 is 2.65 bits per heavy atom. The van der Waals surface area contributed by atoms with E-state index in [4.69, 9.17) is 16.3 Å². The summed E-state index contributed by atoms with van der Waals surface area (Å²) in [5.74, 6) is -1.50. The molecule has 0 saturated heterocycles. The third-order valence-corrected chi connectivity index (χ3v) is 2.92. The smallest absolute Gasteiger partial charge is 0.168 e. The number of aryl methyl sites for hydroxylation is 1. The number of halogens is 3. The minimum atomic E-state index is -0.942. The second-order valence-electron chi connectivity index (χ2n) is 4.19. The largest absolute Gasteiger partial charge is 0.374 e. The molecule has 6 heteroatoms. The van der Waals surface area contributed by atoms with Crippen LogP contribution in [0.4, 0.5) is 8.78 Å². The first kappa shape index (κ1) is 14.8. The Balaban J connectivity index is 2.47. The zero-order chi connectivity index (χ0) is 14.7. The molecule has 0 amide bonds. The number of aromatic nitrogens is 2. The summed E-state index contributed by atoms with van der Waals surface area (Å²) in [4.78, 5) is 8.13. The van der Waals surface area contributed by atoms with Gasteiger partial charge in [-0.3, -0.25) is 0 Å². The van der Waals surface area contributed by atoms with Crippen molar-refractivity contribution in [3.63, 3.8) is 0 Å². The Bertz CT molecular complexity index is 635. The summed E-state index contributed by atoms with van der Waals surface area (Å²) in [5.41, 5.74) is 0.521. The highest BCUT2D eigenvalue weighted by Gasteiger charge is 2.15. The number of benzene rings is 1. The summed E-state index contributed by atoms with van der Waals surface area (Å²) in [6.45, 7) is 3.99. The first-order valence-electron chi connectivity index (χ1n) is 6.09. The zero-order valence-corrected chi connectivity index (χ0v) is 11.8. The highest BCUT2D eigenvalue weighted by molar-refractivity contribution is 6.29. The minimum Gasteiger partial charge on any atom is -0.374 e. The monoisotopic (exact) mass is 298 g/mol. The Hall–Kier alpha value is -1.59. The topological polar surface area (TPSA) is 35.0 Å². The molecule has 0 N–H and O–H groups in total. The molecule has 0 aliphatic heterocycles. The third kappa shape index (κ3) is 3.11. The van der Waals surface area contributed by atoms with Crippen molar-refractivity contribution >= 4 is 11.6 Å². The van der Waals surface area contributed by atoms with E-state index in [1.165, 1.54) is 25.1 Å². The Kier molecular flexibility index (Phi) is 4.62. The molecule has 2 aromatic rings. The highest BCUT2D eigenvalue weighted by Crippen LogP contribution is 2.26. The van der Waals surface area contributed by atoms with Gasteiger partial charge >= 0.3 is 0 Å². The molecule has 106 valence electrons. The summed E-state index contributed by atoms with van der Waals surface area (Å²) in [6.07, 6.45) is 0. The van der Waals surface area contributed by atoms with Gasteiger partial charge in [0.05, 0.1) is 5.69 Å². The van der Waals surface area contributed by atoms with Crippen LogP contribution in [-0.4, -0.2) is 16.6 Å². The van der Waals surface area contributed by atoms with Crippen LogP contribution in [0.5, 0.6) is 0 Å². The Morgan fingerprint density at radius 2 is 1.95 bits per heavy atom. The molecule has 0 fully saturated rings. The average Bonchev–Trinajstić information content (AvgIpc) is 2.42. The molecule has 0 radical (unpaired) electrons. The molecule has 0 aliphatic rings. The molecule has 0 bridgehead atoms. The van der Waals surface area contributed by atoms with Crippen LogP contribution >= 0.6 is 11.6 Å². The van der Waals surface area contributed by atoms with E-state index in [0.29, 0.717) is 12.4 Å². The average molecular weight is 299 g/mol. The van der Waals surface area contributed by atoms with E-state index in [1.54, 1.807) is 0 Å². The first-order valence-corrected chi connectivity index (χ1v) is 6.47. The van der Waals surface area contributed by atoms with Crippen molar-refractivity contribution in [2.45, 2.75) is 20.5 Å². The van der Waals surface area contributed by atoms with Crippen molar-refractivity contribution in [3.05, 3.63) is 46.4 Å². The maximum absolute atomic E-state index is 14.0. The second-order valence-corrected chi connectivity index (χ2v) is 4.57. The third-order valence-electron chi connectivity index (χ3n) is 2.73. The van der Waals surface area contributed by atoms with Gasteiger partial charge < -0.3 is 4.74 Å². The van der Waals surface area contributed by atoms with Gasteiger partial charge in [0.25, 0.3) is 0 Å². The normalized spacial score (nSPS) is 10.8. The van der Waals surface area contributed by atoms with Crippen molar-refractivity contribution in [2.24, 2.45) is 0 Å². The molecule has 0 aliphatic carbocycles. The van der Waals surface area contributed by atoms with Crippen LogP contribution in [0, 0.1) is 18.6 Å². The van der Waals surface area contributed by atoms with E-state index in [9.17, 15) is 8.78 Å². The molecule has 20 heavy (non-hydrogen) atoms. The van der Waals surface area contributed by atoms with Crippen LogP contribution in [-0.2, 0) is 11.3 Å². The molecule has 2 rings (SSSR count). The molecule has 0 atom stereocenters. The van der Waals surface area contributed by atoms with Gasteiger partial charge in [-0.2, -0.15) is 0 Å². The van der Waals surface area contributed by atoms with Crippen LogP contribution in [0.2, 0.25) is 5.15 Å². The SMILES string of the molecule is CCOCc1nc(Cl)cc(-c2ccc(C)c(F)c2F)n1. The molecule has 0 saturated carbocycles. The fraction of sp³-hybridized carbons (Fsp3) is 0.286.